The second kappa shape index (κ2) is 7.41. The van der Waals surface area contributed by atoms with Crippen LogP contribution in [0.3, 0.4) is 0 Å². The van der Waals surface area contributed by atoms with Crippen LogP contribution in [0.2, 0.25) is 0 Å². The maximum atomic E-state index is 10.1. The molecular weight excluding hydrogens is 320 g/mol. The van der Waals surface area contributed by atoms with Crippen molar-refractivity contribution in [1.82, 2.24) is 15.1 Å². The Morgan fingerprint density at radius 3 is 2.79 bits per heavy atom. The maximum Gasteiger partial charge on any atom is 0.0991 e. The molecule has 0 aliphatic heterocycles. The third-order valence-electron chi connectivity index (χ3n) is 3.77. The van der Waals surface area contributed by atoms with Crippen LogP contribution in [-0.4, -0.2) is 21.4 Å². The lowest BCUT2D eigenvalue weighted by Gasteiger charge is -2.10. The van der Waals surface area contributed by atoms with E-state index in [0.717, 1.165) is 22.4 Å². The van der Waals surface area contributed by atoms with E-state index in [4.69, 9.17) is 5.26 Å². The smallest absolute Gasteiger partial charge is 0.0991 e. The predicted octanol–water partition coefficient (Wildman–Crippen LogP) is 2.84. The zero-order chi connectivity index (χ0) is 16.9. The molecule has 1 atom stereocenters. The molecule has 122 valence electrons. The summed E-state index contributed by atoms with van der Waals surface area (Å²) in [5, 5.41) is 30.8. The van der Waals surface area contributed by atoms with E-state index < -0.39 is 6.10 Å². The van der Waals surface area contributed by atoms with E-state index in [1.54, 1.807) is 28.2 Å². The van der Waals surface area contributed by atoms with Crippen molar-refractivity contribution < 1.29 is 5.11 Å². The highest BCUT2D eigenvalue weighted by Gasteiger charge is 2.12. The van der Waals surface area contributed by atoms with Crippen molar-refractivity contribution in [2.45, 2.75) is 12.6 Å². The van der Waals surface area contributed by atoms with Gasteiger partial charge in [0.2, 0.25) is 0 Å². The number of benzene rings is 1. The van der Waals surface area contributed by atoms with E-state index in [9.17, 15) is 5.11 Å². The second-order valence-electron chi connectivity index (χ2n) is 5.57. The quantitative estimate of drug-likeness (QED) is 0.725. The van der Waals surface area contributed by atoms with Crippen molar-refractivity contribution in [3.63, 3.8) is 0 Å². The summed E-state index contributed by atoms with van der Waals surface area (Å²) in [7, 11) is 1.89. The van der Waals surface area contributed by atoms with Gasteiger partial charge in [0, 0.05) is 37.5 Å². The Kier molecular flexibility index (Phi) is 5.06. The van der Waals surface area contributed by atoms with Crippen LogP contribution in [0.15, 0.2) is 47.3 Å². The van der Waals surface area contributed by atoms with Crippen molar-refractivity contribution in [2.24, 2.45) is 7.05 Å². The number of hydrogen-bond donors (Lipinski definition) is 2. The van der Waals surface area contributed by atoms with Crippen LogP contribution in [-0.2, 0) is 13.6 Å². The lowest BCUT2D eigenvalue weighted by molar-refractivity contribution is 0.175. The molecule has 2 N–H and O–H groups in total. The van der Waals surface area contributed by atoms with Gasteiger partial charge in [-0.25, -0.2) is 0 Å². The molecule has 0 bridgehead atoms. The topological polar surface area (TPSA) is 73.9 Å². The molecule has 2 aromatic heterocycles. The van der Waals surface area contributed by atoms with E-state index in [1.165, 1.54) is 0 Å². The number of nitriles is 1. The Bertz CT molecular complexity index is 831. The van der Waals surface area contributed by atoms with Crippen LogP contribution in [0.4, 0.5) is 0 Å². The Balaban J connectivity index is 1.69. The summed E-state index contributed by atoms with van der Waals surface area (Å²) in [5.41, 5.74) is 4.49. The van der Waals surface area contributed by atoms with Crippen LogP contribution >= 0.6 is 11.3 Å². The standard InChI is InChI=1S/C18H18N4OS/c1-22-11-16(9-20-10-17(23)15-6-7-24-12-15)18(21-22)14-4-2-13(8-19)3-5-14/h2-7,11-12,17,20,23H,9-10H2,1H3. The van der Waals surface area contributed by atoms with Gasteiger partial charge >= 0.3 is 0 Å². The zero-order valence-corrected chi connectivity index (χ0v) is 14.1. The van der Waals surface area contributed by atoms with Crippen molar-refractivity contribution in [3.8, 4) is 17.3 Å². The van der Waals surface area contributed by atoms with Crippen LogP contribution in [0.1, 0.15) is 22.8 Å². The van der Waals surface area contributed by atoms with Gasteiger partial charge in [-0.15, -0.1) is 0 Å². The van der Waals surface area contributed by atoms with E-state index in [2.05, 4.69) is 16.5 Å². The van der Waals surface area contributed by atoms with Crippen molar-refractivity contribution in [2.75, 3.05) is 6.54 Å². The molecule has 3 aromatic rings. The number of aromatic nitrogens is 2. The number of nitrogens with one attached hydrogen (secondary N) is 1. The molecule has 2 heterocycles. The molecule has 0 fully saturated rings. The minimum atomic E-state index is -0.508. The Labute approximate surface area is 144 Å². The highest BCUT2D eigenvalue weighted by molar-refractivity contribution is 7.07. The predicted molar refractivity (Wildman–Crippen MR) is 94.3 cm³/mol. The van der Waals surface area contributed by atoms with Gasteiger partial charge in [0.25, 0.3) is 0 Å². The summed E-state index contributed by atoms with van der Waals surface area (Å²) < 4.78 is 1.78. The third-order valence-corrected chi connectivity index (χ3v) is 4.47. The molecular formula is C18H18N4OS. The maximum absolute atomic E-state index is 10.1. The Morgan fingerprint density at radius 1 is 1.33 bits per heavy atom. The van der Waals surface area contributed by atoms with Gasteiger partial charge in [0.1, 0.15) is 0 Å². The minimum Gasteiger partial charge on any atom is -0.387 e. The van der Waals surface area contributed by atoms with E-state index in [-0.39, 0.29) is 0 Å². The number of thiophene rings is 1. The number of hydrogen-bond acceptors (Lipinski definition) is 5. The fourth-order valence-electron chi connectivity index (χ4n) is 2.54. The summed E-state index contributed by atoms with van der Waals surface area (Å²) >= 11 is 1.58. The number of nitrogens with zero attached hydrogens (tertiary/aromatic N) is 3. The SMILES string of the molecule is Cn1cc(CNCC(O)c2ccsc2)c(-c2ccc(C#N)cc2)n1. The highest BCUT2D eigenvalue weighted by Crippen LogP contribution is 2.22. The van der Waals surface area contributed by atoms with E-state index in [1.807, 2.05) is 42.2 Å². The summed E-state index contributed by atoms with van der Waals surface area (Å²) in [6.45, 7) is 1.10. The molecule has 3 rings (SSSR count). The second-order valence-corrected chi connectivity index (χ2v) is 6.35. The van der Waals surface area contributed by atoms with Crippen molar-refractivity contribution >= 4 is 11.3 Å². The molecule has 1 aromatic carbocycles. The monoisotopic (exact) mass is 338 g/mol. The number of aliphatic hydroxyl groups is 1. The zero-order valence-electron chi connectivity index (χ0n) is 13.3. The van der Waals surface area contributed by atoms with Crippen LogP contribution < -0.4 is 5.32 Å². The van der Waals surface area contributed by atoms with Crippen LogP contribution in [0, 0.1) is 11.3 Å². The summed E-state index contributed by atoms with van der Waals surface area (Å²) in [6, 6.07) is 11.5. The first-order valence-corrected chi connectivity index (χ1v) is 8.55. The lowest BCUT2D eigenvalue weighted by atomic mass is 10.1. The van der Waals surface area contributed by atoms with E-state index in [0.29, 0.717) is 18.7 Å². The molecule has 0 amide bonds. The Hall–Kier alpha value is -2.46. The molecule has 6 heteroatoms. The molecule has 1 unspecified atom stereocenters. The fraction of sp³-hybridized carbons (Fsp3) is 0.222. The first kappa shape index (κ1) is 16.4. The first-order chi connectivity index (χ1) is 11.7. The normalized spacial score (nSPS) is 12.0. The average Bonchev–Trinajstić information content (AvgIpc) is 3.25. The van der Waals surface area contributed by atoms with Crippen LogP contribution in [0.25, 0.3) is 11.3 Å². The van der Waals surface area contributed by atoms with Gasteiger partial charge in [-0.2, -0.15) is 21.7 Å². The highest BCUT2D eigenvalue weighted by atomic mass is 32.1. The van der Waals surface area contributed by atoms with Gasteiger partial charge in [-0.3, -0.25) is 4.68 Å². The average molecular weight is 338 g/mol. The number of rotatable bonds is 6. The summed E-state index contributed by atoms with van der Waals surface area (Å²) in [5.74, 6) is 0. The lowest BCUT2D eigenvalue weighted by Crippen LogP contribution is -2.20. The summed E-state index contributed by atoms with van der Waals surface area (Å²) in [4.78, 5) is 0. The third kappa shape index (κ3) is 3.71. The van der Waals surface area contributed by atoms with E-state index >= 15 is 0 Å². The summed E-state index contributed by atoms with van der Waals surface area (Å²) in [6.07, 6.45) is 1.46. The molecule has 5 nitrogen and oxygen atoms in total. The molecule has 24 heavy (non-hydrogen) atoms. The van der Waals surface area contributed by atoms with Crippen molar-refractivity contribution in [3.05, 3.63) is 64.0 Å². The molecule has 0 saturated heterocycles. The fourth-order valence-corrected chi connectivity index (χ4v) is 3.25. The number of aliphatic hydroxyl groups excluding tert-OH is 1. The molecule has 0 saturated carbocycles. The molecule has 0 aliphatic carbocycles. The molecule has 0 spiro atoms. The minimum absolute atomic E-state index is 0.485. The van der Waals surface area contributed by atoms with Gasteiger partial charge in [-0.1, -0.05) is 12.1 Å². The largest absolute Gasteiger partial charge is 0.387 e. The Morgan fingerprint density at radius 2 is 2.12 bits per heavy atom. The molecule has 0 aliphatic rings. The van der Waals surface area contributed by atoms with Crippen LogP contribution in [0.5, 0.6) is 0 Å². The van der Waals surface area contributed by atoms with Gasteiger partial charge in [-0.05, 0) is 34.5 Å². The van der Waals surface area contributed by atoms with Gasteiger partial charge in [0.05, 0.1) is 23.4 Å². The molecule has 0 radical (unpaired) electrons. The van der Waals surface area contributed by atoms with Gasteiger partial charge < -0.3 is 10.4 Å². The van der Waals surface area contributed by atoms with Gasteiger partial charge in [0.15, 0.2) is 0 Å². The van der Waals surface area contributed by atoms with Crippen molar-refractivity contribution in [1.29, 1.82) is 5.26 Å². The number of aryl methyl sites for hydroxylation is 1. The first-order valence-electron chi connectivity index (χ1n) is 7.61.